The van der Waals surface area contributed by atoms with Gasteiger partial charge in [-0.2, -0.15) is 0 Å². The molecule has 0 spiro atoms. The lowest BCUT2D eigenvalue weighted by Gasteiger charge is -2.32. The number of carboxylic acid groups (broad SMARTS) is 1. The number of carboxylic acids is 1. The Balaban J connectivity index is 2.45. The molecule has 1 amide bonds. The van der Waals surface area contributed by atoms with E-state index in [0.29, 0.717) is 12.8 Å². The maximum Gasteiger partial charge on any atom is 0.326 e. The van der Waals surface area contributed by atoms with Gasteiger partial charge in [0.05, 0.1) is 0 Å². The van der Waals surface area contributed by atoms with E-state index in [4.69, 9.17) is 5.11 Å². The predicted octanol–water partition coefficient (Wildman–Crippen LogP) is 1.48. The Kier molecular flexibility index (Phi) is 6.28. The van der Waals surface area contributed by atoms with Crippen molar-refractivity contribution >= 4 is 11.9 Å². The summed E-state index contributed by atoms with van der Waals surface area (Å²) in [6.07, 6.45) is 4.22. The molecule has 110 valence electrons. The molecule has 0 aromatic carbocycles. The summed E-state index contributed by atoms with van der Waals surface area (Å²) in [4.78, 5) is 25.2. The van der Waals surface area contributed by atoms with E-state index in [0.717, 1.165) is 19.4 Å². The highest BCUT2D eigenvalue weighted by molar-refractivity contribution is 5.83. The molecule has 0 saturated carbocycles. The highest BCUT2D eigenvalue weighted by Gasteiger charge is 2.25. The average Bonchev–Trinajstić information content (AvgIpc) is 2.30. The van der Waals surface area contributed by atoms with Crippen molar-refractivity contribution in [3.8, 4) is 0 Å². The zero-order chi connectivity index (χ0) is 14.4. The zero-order valence-electron chi connectivity index (χ0n) is 12.2. The molecule has 1 saturated heterocycles. The number of carbonyl (C=O) groups is 2. The van der Waals surface area contributed by atoms with E-state index in [-0.39, 0.29) is 17.9 Å². The summed E-state index contributed by atoms with van der Waals surface area (Å²) in [5.41, 5.74) is 0. The van der Waals surface area contributed by atoms with Crippen LogP contribution in [0.15, 0.2) is 0 Å². The largest absolute Gasteiger partial charge is 0.480 e. The Labute approximate surface area is 115 Å². The summed E-state index contributed by atoms with van der Waals surface area (Å²) in [6, 6.07) is -0.511. The second-order valence-corrected chi connectivity index (χ2v) is 5.92. The number of likely N-dealkylation sites (tertiary alicyclic amines) is 1. The number of hydrogen-bond donors (Lipinski definition) is 2. The van der Waals surface area contributed by atoms with Gasteiger partial charge in [0.15, 0.2) is 0 Å². The summed E-state index contributed by atoms with van der Waals surface area (Å²) in [5, 5.41) is 11.8. The summed E-state index contributed by atoms with van der Waals surface area (Å²) < 4.78 is 0. The Bertz CT molecular complexity index is 318. The molecule has 0 bridgehead atoms. The number of piperidine rings is 1. The van der Waals surface area contributed by atoms with Crippen molar-refractivity contribution in [1.29, 1.82) is 0 Å². The fourth-order valence-electron chi connectivity index (χ4n) is 2.56. The van der Waals surface area contributed by atoms with Gasteiger partial charge in [0.2, 0.25) is 5.91 Å². The van der Waals surface area contributed by atoms with Crippen LogP contribution < -0.4 is 5.32 Å². The fraction of sp³-hybridized carbons (Fsp3) is 0.857. The number of amides is 1. The molecule has 5 nitrogen and oxygen atoms in total. The molecule has 19 heavy (non-hydrogen) atoms. The minimum atomic E-state index is -0.945. The first-order chi connectivity index (χ1) is 8.90. The number of hydrogen-bond acceptors (Lipinski definition) is 3. The molecule has 1 aliphatic rings. The van der Waals surface area contributed by atoms with Gasteiger partial charge in [-0.05, 0) is 38.8 Å². The van der Waals surface area contributed by atoms with Crippen molar-refractivity contribution in [2.24, 2.45) is 5.92 Å². The lowest BCUT2D eigenvalue weighted by Crippen LogP contribution is -2.45. The minimum absolute atomic E-state index is 0.146. The fourth-order valence-corrected chi connectivity index (χ4v) is 2.56. The standard InChI is InChI=1S/C14H26N2O3/c1-10(2)8-12(14(18)19)15-13(17)9-11-6-4-5-7-16(11)3/h10-12H,4-9H2,1-3H3,(H,15,17)(H,18,19)/t11?,12-/m1/s1. The molecular formula is C14H26N2O3. The van der Waals surface area contributed by atoms with E-state index in [1.165, 1.54) is 6.42 Å². The van der Waals surface area contributed by atoms with E-state index >= 15 is 0 Å². The van der Waals surface area contributed by atoms with Crippen molar-refractivity contribution in [3.63, 3.8) is 0 Å². The van der Waals surface area contributed by atoms with Crippen LogP contribution in [0.5, 0.6) is 0 Å². The van der Waals surface area contributed by atoms with Crippen LogP contribution in [0, 0.1) is 5.92 Å². The van der Waals surface area contributed by atoms with Crippen LogP contribution in [0.4, 0.5) is 0 Å². The third kappa shape index (κ3) is 5.59. The molecule has 1 heterocycles. The first-order valence-electron chi connectivity index (χ1n) is 7.12. The second-order valence-electron chi connectivity index (χ2n) is 5.92. The molecule has 2 N–H and O–H groups in total. The highest BCUT2D eigenvalue weighted by Crippen LogP contribution is 2.17. The minimum Gasteiger partial charge on any atom is -0.480 e. The van der Waals surface area contributed by atoms with Crippen LogP contribution in [-0.4, -0.2) is 47.6 Å². The number of rotatable bonds is 6. The third-order valence-electron chi connectivity index (χ3n) is 3.68. The lowest BCUT2D eigenvalue weighted by atomic mass is 9.99. The number of nitrogens with one attached hydrogen (secondary N) is 1. The Hall–Kier alpha value is -1.10. The monoisotopic (exact) mass is 270 g/mol. The summed E-state index contributed by atoms with van der Waals surface area (Å²) in [5.74, 6) is -0.843. The quantitative estimate of drug-likeness (QED) is 0.767. The van der Waals surface area contributed by atoms with Gasteiger partial charge in [0.25, 0.3) is 0 Å². The molecule has 1 unspecified atom stereocenters. The molecule has 5 heteroatoms. The first kappa shape index (κ1) is 16.0. The highest BCUT2D eigenvalue weighted by atomic mass is 16.4. The maximum atomic E-state index is 12.0. The van der Waals surface area contributed by atoms with Crippen LogP contribution in [-0.2, 0) is 9.59 Å². The summed E-state index contributed by atoms with van der Waals surface area (Å²) >= 11 is 0. The molecule has 0 radical (unpaired) electrons. The van der Waals surface area contributed by atoms with E-state index in [9.17, 15) is 9.59 Å². The third-order valence-corrected chi connectivity index (χ3v) is 3.68. The van der Waals surface area contributed by atoms with Crippen molar-refractivity contribution in [1.82, 2.24) is 10.2 Å². The van der Waals surface area contributed by atoms with Crippen LogP contribution in [0.2, 0.25) is 0 Å². The normalized spacial score (nSPS) is 22.2. The Morgan fingerprint density at radius 1 is 1.37 bits per heavy atom. The van der Waals surface area contributed by atoms with Gasteiger partial charge in [0.1, 0.15) is 6.04 Å². The maximum absolute atomic E-state index is 12.0. The van der Waals surface area contributed by atoms with Crippen molar-refractivity contribution in [2.75, 3.05) is 13.6 Å². The molecule has 2 atom stereocenters. The van der Waals surface area contributed by atoms with E-state index in [2.05, 4.69) is 10.2 Å². The molecule has 1 rings (SSSR count). The lowest BCUT2D eigenvalue weighted by molar-refractivity contribution is -0.142. The molecule has 0 aliphatic carbocycles. The van der Waals surface area contributed by atoms with Gasteiger partial charge >= 0.3 is 5.97 Å². The summed E-state index contributed by atoms with van der Waals surface area (Å²) in [7, 11) is 2.03. The van der Waals surface area contributed by atoms with Crippen LogP contribution >= 0.6 is 0 Å². The number of aliphatic carboxylic acids is 1. The van der Waals surface area contributed by atoms with E-state index in [1.54, 1.807) is 0 Å². The van der Waals surface area contributed by atoms with Crippen molar-refractivity contribution < 1.29 is 14.7 Å². The van der Waals surface area contributed by atoms with Gasteiger partial charge < -0.3 is 15.3 Å². The van der Waals surface area contributed by atoms with Crippen LogP contribution in [0.3, 0.4) is 0 Å². The average molecular weight is 270 g/mol. The summed E-state index contributed by atoms with van der Waals surface area (Å²) in [6.45, 7) is 4.93. The van der Waals surface area contributed by atoms with Gasteiger partial charge in [-0.25, -0.2) is 4.79 Å². The van der Waals surface area contributed by atoms with E-state index in [1.807, 2.05) is 20.9 Å². The molecular weight excluding hydrogens is 244 g/mol. The number of nitrogens with zero attached hydrogens (tertiary/aromatic N) is 1. The zero-order valence-corrected chi connectivity index (χ0v) is 12.2. The Morgan fingerprint density at radius 2 is 2.05 bits per heavy atom. The van der Waals surface area contributed by atoms with Gasteiger partial charge in [-0.15, -0.1) is 0 Å². The van der Waals surface area contributed by atoms with Crippen LogP contribution in [0.1, 0.15) is 46.0 Å². The number of carbonyl (C=O) groups excluding carboxylic acids is 1. The second kappa shape index (κ2) is 7.48. The molecule has 1 aliphatic heterocycles. The predicted molar refractivity (Wildman–Crippen MR) is 73.9 cm³/mol. The topological polar surface area (TPSA) is 69.6 Å². The first-order valence-corrected chi connectivity index (χ1v) is 7.12. The molecule has 0 aromatic rings. The Morgan fingerprint density at radius 3 is 2.58 bits per heavy atom. The van der Waals surface area contributed by atoms with Gasteiger partial charge in [0, 0.05) is 12.5 Å². The van der Waals surface area contributed by atoms with Gasteiger partial charge in [-0.1, -0.05) is 20.3 Å². The smallest absolute Gasteiger partial charge is 0.326 e. The van der Waals surface area contributed by atoms with Crippen molar-refractivity contribution in [3.05, 3.63) is 0 Å². The molecule has 0 aromatic heterocycles. The van der Waals surface area contributed by atoms with E-state index < -0.39 is 12.0 Å². The van der Waals surface area contributed by atoms with Crippen molar-refractivity contribution in [2.45, 2.75) is 58.0 Å². The van der Waals surface area contributed by atoms with Crippen LogP contribution in [0.25, 0.3) is 0 Å². The van der Waals surface area contributed by atoms with Gasteiger partial charge in [-0.3, -0.25) is 4.79 Å². The molecule has 1 fully saturated rings. The SMILES string of the molecule is CC(C)C[C@@H](NC(=O)CC1CCCCN1C)C(=O)O.